The van der Waals surface area contributed by atoms with Gasteiger partial charge in [0.2, 0.25) is 0 Å². The minimum Gasteiger partial charge on any atom is -0.545 e. The average Bonchev–Trinajstić information content (AvgIpc) is 3.17. The van der Waals surface area contributed by atoms with Crippen molar-refractivity contribution < 1.29 is 29.2 Å². The summed E-state index contributed by atoms with van der Waals surface area (Å²) in [4.78, 5) is 47.2. The Kier molecular flexibility index (Phi) is 6.41. The van der Waals surface area contributed by atoms with Crippen LogP contribution in [-0.4, -0.2) is 29.4 Å². The zero-order chi connectivity index (χ0) is 22.5. The number of nitrogens with zero attached hydrogens (tertiary/aromatic N) is 1. The molecule has 10 heteroatoms. The molecule has 0 aliphatic carbocycles. The van der Waals surface area contributed by atoms with Gasteiger partial charge in [0.1, 0.15) is 10.6 Å². The van der Waals surface area contributed by atoms with Gasteiger partial charge >= 0.3 is 5.97 Å². The van der Waals surface area contributed by atoms with Crippen LogP contribution in [0.2, 0.25) is 0 Å². The maximum Gasteiger partial charge on any atom is 0.341 e. The number of aromatic carboxylic acids is 1. The first-order valence-corrected chi connectivity index (χ1v) is 9.87. The summed E-state index contributed by atoms with van der Waals surface area (Å²) < 4.78 is 5.11. The zero-order valence-electron chi connectivity index (χ0n) is 16.1. The number of hydrogen-bond acceptors (Lipinski definition) is 8. The summed E-state index contributed by atoms with van der Waals surface area (Å²) in [5, 5.41) is 26.9. The number of nitro benzene ring substituents is 1. The van der Waals surface area contributed by atoms with Gasteiger partial charge in [-0.25, -0.2) is 4.79 Å². The Hall–Kier alpha value is -4.05. The maximum atomic E-state index is 12.8. The predicted octanol–water partition coefficient (Wildman–Crippen LogP) is 3.12. The molecule has 0 aliphatic heterocycles. The van der Waals surface area contributed by atoms with Crippen molar-refractivity contribution in [2.24, 2.45) is 0 Å². The van der Waals surface area contributed by atoms with Crippen LogP contribution in [0.1, 0.15) is 38.0 Å². The number of esters is 1. The molecule has 1 amide bonds. The number of amides is 1. The first kappa shape index (κ1) is 21.7. The molecule has 0 bridgehead atoms. The van der Waals surface area contributed by atoms with Crippen LogP contribution in [0.5, 0.6) is 0 Å². The van der Waals surface area contributed by atoms with Crippen LogP contribution in [-0.2, 0) is 4.74 Å². The molecule has 0 radical (unpaired) electrons. The highest BCUT2D eigenvalue weighted by Gasteiger charge is 2.26. The van der Waals surface area contributed by atoms with Crippen LogP contribution >= 0.6 is 11.3 Å². The lowest BCUT2D eigenvalue weighted by molar-refractivity contribution is -0.385. The van der Waals surface area contributed by atoms with Crippen LogP contribution in [0.25, 0.3) is 11.1 Å². The number of nitro groups is 1. The molecule has 0 saturated heterocycles. The number of anilines is 1. The Morgan fingerprint density at radius 2 is 1.77 bits per heavy atom. The highest BCUT2D eigenvalue weighted by atomic mass is 32.1. The van der Waals surface area contributed by atoms with Crippen molar-refractivity contribution in [3.63, 3.8) is 0 Å². The van der Waals surface area contributed by atoms with Crippen LogP contribution in [0.15, 0.2) is 53.9 Å². The normalized spacial score (nSPS) is 10.4. The Morgan fingerprint density at radius 3 is 2.39 bits per heavy atom. The standard InChI is InChI=1S/C21H16N2O7S/c1-2-30-21(27)17-14(12-7-4-3-5-8-12)11-31-19(17)22-18(24)13-9-6-10-15(23(28)29)16(13)20(25)26/h3-11H,2H2,1H3,(H,22,24)(H,25,26)/p-1. The van der Waals surface area contributed by atoms with E-state index in [2.05, 4.69) is 5.32 Å². The van der Waals surface area contributed by atoms with Crippen LogP contribution in [0, 0.1) is 10.1 Å². The number of ether oxygens (including phenoxy) is 1. The summed E-state index contributed by atoms with van der Waals surface area (Å²) in [5.41, 5.74) is -0.728. The molecule has 0 saturated carbocycles. The molecule has 1 heterocycles. The number of carboxylic acids is 1. The van der Waals surface area contributed by atoms with Crippen molar-refractivity contribution in [2.45, 2.75) is 6.92 Å². The molecular weight excluding hydrogens is 424 g/mol. The number of rotatable bonds is 7. The van der Waals surface area contributed by atoms with Crippen LogP contribution in [0.4, 0.5) is 10.7 Å². The van der Waals surface area contributed by atoms with Gasteiger partial charge < -0.3 is 20.0 Å². The number of thiophene rings is 1. The zero-order valence-corrected chi connectivity index (χ0v) is 16.9. The second-order valence-electron chi connectivity index (χ2n) is 6.14. The fourth-order valence-corrected chi connectivity index (χ4v) is 3.90. The summed E-state index contributed by atoms with van der Waals surface area (Å²) in [6.07, 6.45) is 0. The van der Waals surface area contributed by atoms with E-state index in [1.165, 1.54) is 6.07 Å². The van der Waals surface area contributed by atoms with Gasteiger partial charge in [-0.05, 0) is 18.6 Å². The van der Waals surface area contributed by atoms with E-state index < -0.39 is 39.6 Å². The maximum absolute atomic E-state index is 12.8. The smallest absolute Gasteiger partial charge is 0.341 e. The van der Waals surface area contributed by atoms with E-state index >= 15 is 0 Å². The lowest BCUT2D eigenvalue weighted by Gasteiger charge is -2.12. The van der Waals surface area contributed by atoms with E-state index in [0.29, 0.717) is 11.1 Å². The van der Waals surface area contributed by atoms with E-state index in [1.54, 1.807) is 36.6 Å². The second kappa shape index (κ2) is 9.18. The van der Waals surface area contributed by atoms with E-state index in [9.17, 15) is 29.6 Å². The topological polar surface area (TPSA) is 139 Å². The monoisotopic (exact) mass is 439 g/mol. The minimum atomic E-state index is -1.86. The highest BCUT2D eigenvalue weighted by Crippen LogP contribution is 2.36. The van der Waals surface area contributed by atoms with Gasteiger partial charge in [0, 0.05) is 17.0 Å². The fourth-order valence-electron chi connectivity index (χ4n) is 2.95. The number of carbonyl (C=O) groups is 3. The Balaban J connectivity index is 2.06. The summed E-state index contributed by atoms with van der Waals surface area (Å²) in [6, 6.07) is 12.2. The van der Waals surface area contributed by atoms with Crippen molar-refractivity contribution in [3.8, 4) is 11.1 Å². The van der Waals surface area contributed by atoms with Crippen molar-refractivity contribution >= 4 is 39.9 Å². The predicted molar refractivity (Wildman–Crippen MR) is 111 cm³/mol. The molecule has 0 spiro atoms. The summed E-state index contributed by atoms with van der Waals surface area (Å²) in [5.74, 6) is -3.47. The third kappa shape index (κ3) is 4.43. The number of nitrogens with one attached hydrogen (secondary N) is 1. The molecule has 0 unspecified atom stereocenters. The minimum absolute atomic E-state index is 0.104. The SMILES string of the molecule is CCOC(=O)c1c(-c2ccccc2)csc1NC(=O)c1cccc([N+](=O)[O-])c1C(=O)[O-]. The van der Waals surface area contributed by atoms with Gasteiger partial charge in [-0.3, -0.25) is 14.9 Å². The highest BCUT2D eigenvalue weighted by molar-refractivity contribution is 7.15. The second-order valence-corrected chi connectivity index (χ2v) is 7.02. The molecule has 0 fully saturated rings. The Morgan fingerprint density at radius 1 is 1.06 bits per heavy atom. The molecule has 3 rings (SSSR count). The molecular formula is C21H15N2O7S-. The van der Waals surface area contributed by atoms with Gasteiger partial charge in [0.05, 0.1) is 28.6 Å². The number of carbonyl (C=O) groups excluding carboxylic acids is 3. The molecule has 9 nitrogen and oxygen atoms in total. The molecule has 31 heavy (non-hydrogen) atoms. The number of carboxylic acid groups (broad SMARTS) is 1. The van der Waals surface area contributed by atoms with Gasteiger partial charge in [0.25, 0.3) is 11.6 Å². The molecule has 2 aromatic carbocycles. The third-order valence-electron chi connectivity index (χ3n) is 4.27. The van der Waals surface area contributed by atoms with Gasteiger partial charge in [-0.2, -0.15) is 0 Å². The molecule has 158 valence electrons. The van der Waals surface area contributed by atoms with Crippen molar-refractivity contribution in [3.05, 3.63) is 80.7 Å². The van der Waals surface area contributed by atoms with Gasteiger partial charge in [-0.1, -0.05) is 36.4 Å². The van der Waals surface area contributed by atoms with Crippen molar-refractivity contribution in [1.29, 1.82) is 0 Å². The summed E-state index contributed by atoms with van der Waals surface area (Å²) in [7, 11) is 0. The van der Waals surface area contributed by atoms with Gasteiger partial charge in [0.15, 0.2) is 0 Å². The lowest BCUT2D eigenvalue weighted by Crippen LogP contribution is -2.27. The number of hydrogen-bond donors (Lipinski definition) is 1. The summed E-state index contributed by atoms with van der Waals surface area (Å²) in [6.45, 7) is 1.75. The van der Waals surface area contributed by atoms with Crippen molar-refractivity contribution in [2.75, 3.05) is 11.9 Å². The van der Waals surface area contributed by atoms with Crippen LogP contribution in [0.3, 0.4) is 0 Å². The Labute approximate surface area is 180 Å². The van der Waals surface area contributed by atoms with E-state index in [0.717, 1.165) is 23.5 Å². The average molecular weight is 439 g/mol. The number of benzene rings is 2. The fraction of sp³-hybridized carbons (Fsp3) is 0.0952. The van der Waals surface area contributed by atoms with Crippen molar-refractivity contribution in [1.82, 2.24) is 0 Å². The largest absolute Gasteiger partial charge is 0.545 e. The molecule has 0 aliphatic rings. The Bertz CT molecular complexity index is 1170. The van der Waals surface area contributed by atoms with Crippen LogP contribution < -0.4 is 10.4 Å². The van der Waals surface area contributed by atoms with E-state index in [-0.39, 0.29) is 17.2 Å². The molecule has 1 aromatic heterocycles. The molecule has 3 aromatic rings. The first-order valence-electron chi connectivity index (χ1n) is 8.99. The quantitative estimate of drug-likeness (QED) is 0.339. The summed E-state index contributed by atoms with van der Waals surface area (Å²) >= 11 is 1.04. The van der Waals surface area contributed by atoms with Gasteiger partial charge in [-0.15, -0.1) is 11.3 Å². The van der Waals surface area contributed by atoms with E-state index in [4.69, 9.17) is 4.74 Å². The first-order chi connectivity index (χ1) is 14.8. The third-order valence-corrected chi connectivity index (χ3v) is 5.17. The van der Waals surface area contributed by atoms with E-state index in [1.807, 2.05) is 6.07 Å². The molecule has 0 atom stereocenters. The molecule has 1 N–H and O–H groups in total. The lowest BCUT2D eigenvalue weighted by atomic mass is 10.0.